The molecule has 3 fully saturated rings. The third-order valence-corrected chi connectivity index (χ3v) is 8.07. The molecule has 0 radical (unpaired) electrons. The quantitative estimate of drug-likeness (QED) is 0.569. The van der Waals surface area contributed by atoms with Crippen LogP contribution in [0.15, 0.2) is 0 Å². The first-order valence-electron chi connectivity index (χ1n) is 9.89. The second-order valence-corrected chi connectivity index (χ2v) is 9.30. The highest BCUT2D eigenvalue weighted by Crippen LogP contribution is 2.55. The van der Waals surface area contributed by atoms with Crippen molar-refractivity contribution in [2.75, 3.05) is 0 Å². The summed E-state index contributed by atoms with van der Waals surface area (Å²) in [6, 6.07) is 0. The molecule has 2 spiro atoms. The molecule has 140 valence electrons. The molecule has 3 aliphatic rings. The predicted octanol–water partition coefficient (Wildman–Crippen LogP) is 5.19. The summed E-state index contributed by atoms with van der Waals surface area (Å²) in [4.78, 5) is 24.5. The fraction of sp³-hybridized carbons (Fsp3) is 1.00. The maximum atomic E-state index is 6.12. The summed E-state index contributed by atoms with van der Waals surface area (Å²) in [5.41, 5.74) is 0. The standard InChI is InChI=1S/C20H36O4/c1-11-9-13(3)19(17(7)15(11)5)21-23-20(24-22-19)14(4)10-12(2)16(6)18(20)8/h11-18H,9-10H2,1-8H3. The number of hydrogen-bond donors (Lipinski definition) is 0. The minimum absolute atomic E-state index is 0.221. The van der Waals surface area contributed by atoms with Crippen LogP contribution in [0.2, 0.25) is 0 Å². The SMILES string of the molecule is CC1CC(C)C2(OOC3(OO2)C(C)CC(C)C(C)C3C)C(C)C1C. The number of rotatable bonds is 0. The van der Waals surface area contributed by atoms with Crippen LogP contribution in [0.3, 0.4) is 0 Å². The van der Waals surface area contributed by atoms with Crippen molar-refractivity contribution in [1.29, 1.82) is 0 Å². The Morgan fingerprint density at radius 2 is 0.833 bits per heavy atom. The van der Waals surface area contributed by atoms with Gasteiger partial charge in [-0.3, -0.25) is 0 Å². The molecule has 2 saturated carbocycles. The first kappa shape index (κ1) is 18.6. The molecule has 1 aliphatic heterocycles. The van der Waals surface area contributed by atoms with Gasteiger partial charge < -0.3 is 0 Å². The Morgan fingerprint density at radius 3 is 1.12 bits per heavy atom. The highest BCUT2D eigenvalue weighted by molar-refractivity contribution is 4.96. The van der Waals surface area contributed by atoms with Gasteiger partial charge in [-0.25, -0.2) is 0 Å². The Morgan fingerprint density at radius 1 is 0.542 bits per heavy atom. The summed E-state index contributed by atoms with van der Waals surface area (Å²) in [7, 11) is 0. The fourth-order valence-electron chi connectivity index (χ4n) is 5.41. The Balaban J connectivity index is 1.82. The molecule has 8 unspecified atom stereocenters. The number of hydrogen-bond acceptors (Lipinski definition) is 4. The van der Waals surface area contributed by atoms with Gasteiger partial charge in [0.15, 0.2) is 0 Å². The van der Waals surface area contributed by atoms with Gasteiger partial charge in [-0.05, 0) is 36.5 Å². The maximum Gasteiger partial charge on any atom is 0.239 e. The molecule has 0 aromatic heterocycles. The van der Waals surface area contributed by atoms with Gasteiger partial charge in [-0.2, -0.15) is 19.6 Å². The van der Waals surface area contributed by atoms with Crippen molar-refractivity contribution in [2.45, 2.75) is 79.8 Å². The Kier molecular flexibility index (Phi) is 4.83. The molecule has 3 rings (SSSR count). The van der Waals surface area contributed by atoms with Crippen molar-refractivity contribution in [3.05, 3.63) is 0 Å². The zero-order valence-corrected chi connectivity index (χ0v) is 16.7. The van der Waals surface area contributed by atoms with E-state index in [1.165, 1.54) is 0 Å². The van der Waals surface area contributed by atoms with Crippen molar-refractivity contribution in [1.82, 2.24) is 0 Å². The van der Waals surface area contributed by atoms with E-state index in [0.29, 0.717) is 23.7 Å². The van der Waals surface area contributed by atoms with Crippen LogP contribution >= 0.6 is 0 Å². The van der Waals surface area contributed by atoms with Crippen molar-refractivity contribution >= 4 is 0 Å². The van der Waals surface area contributed by atoms with Gasteiger partial charge in [-0.15, -0.1) is 0 Å². The summed E-state index contributed by atoms with van der Waals surface area (Å²) in [5, 5.41) is 0. The maximum absolute atomic E-state index is 6.12. The first-order chi connectivity index (χ1) is 11.2. The van der Waals surface area contributed by atoms with Crippen molar-refractivity contribution in [3.63, 3.8) is 0 Å². The highest BCUT2D eigenvalue weighted by atomic mass is 17.4. The van der Waals surface area contributed by atoms with E-state index in [-0.39, 0.29) is 23.7 Å². The molecule has 24 heavy (non-hydrogen) atoms. The van der Waals surface area contributed by atoms with Crippen LogP contribution in [0.5, 0.6) is 0 Å². The van der Waals surface area contributed by atoms with Gasteiger partial charge in [0.1, 0.15) is 0 Å². The van der Waals surface area contributed by atoms with Crippen LogP contribution < -0.4 is 0 Å². The van der Waals surface area contributed by atoms with Gasteiger partial charge in [0.2, 0.25) is 11.6 Å². The van der Waals surface area contributed by atoms with Crippen LogP contribution in [0, 0.1) is 47.3 Å². The van der Waals surface area contributed by atoms with Crippen LogP contribution in [0.25, 0.3) is 0 Å². The molecule has 8 atom stereocenters. The third-order valence-electron chi connectivity index (χ3n) is 8.07. The minimum Gasteiger partial charge on any atom is -0.194 e. The lowest BCUT2D eigenvalue weighted by Gasteiger charge is -2.57. The lowest BCUT2D eigenvalue weighted by atomic mass is 9.66. The molecular formula is C20H36O4. The van der Waals surface area contributed by atoms with E-state index in [1.54, 1.807) is 0 Å². The topological polar surface area (TPSA) is 36.9 Å². The molecule has 0 aromatic carbocycles. The van der Waals surface area contributed by atoms with E-state index in [0.717, 1.165) is 12.8 Å². The summed E-state index contributed by atoms with van der Waals surface area (Å²) in [6.07, 6.45) is 2.12. The van der Waals surface area contributed by atoms with Gasteiger partial charge in [-0.1, -0.05) is 55.4 Å². The smallest absolute Gasteiger partial charge is 0.194 e. The van der Waals surface area contributed by atoms with E-state index in [2.05, 4.69) is 55.4 Å². The molecule has 1 heterocycles. The van der Waals surface area contributed by atoms with Gasteiger partial charge in [0, 0.05) is 23.7 Å². The molecule has 1 saturated heterocycles. The Bertz CT molecular complexity index is 415. The monoisotopic (exact) mass is 340 g/mol. The van der Waals surface area contributed by atoms with Crippen LogP contribution in [-0.2, 0) is 19.6 Å². The first-order valence-corrected chi connectivity index (χ1v) is 9.89. The molecule has 4 heteroatoms. The lowest BCUT2D eigenvalue weighted by Crippen LogP contribution is -2.65. The molecule has 4 nitrogen and oxygen atoms in total. The predicted molar refractivity (Wildman–Crippen MR) is 92.3 cm³/mol. The van der Waals surface area contributed by atoms with Gasteiger partial charge >= 0.3 is 0 Å². The third kappa shape index (κ3) is 2.48. The molecule has 2 aliphatic carbocycles. The van der Waals surface area contributed by atoms with Crippen molar-refractivity contribution in [2.24, 2.45) is 47.3 Å². The molecular weight excluding hydrogens is 304 g/mol. The van der Waals surface area contributed by atoms with E-state index >= 15 is 0 Å². The largest absolute Gasteiger partial charge is 0.239 e. The zero-order valence-electron chi connectivity index (χ0n) is 16.7. The lowest BCUT2D eigenvalue weighted by molar-refractivity contribution is -0.689. The highest BCUT2D eigenvalue weighted by Gasteiger charge is 2.63. The Labute approximate surface area is 147 Å². The van der Waals surface area contributed by atoms with E-state index in [4.69, 9.17) is 19.6 Å². The van der Waals surface area contributed by atoms with Crippen molar-refractivity contribution in [3.8, 4) is 0 Å². The van der Waals surface area contributed by atoms with Crippen LogP contribution in [-0.4, -0.2) is 11.6 Å². The van der Waals surface area contributed by atoms with E-state index in [1.807, 2.05) is 0 Å². The van der Waals surface area contributed by atoms with Crippen LogP contribution in [0.4, 0.5) is 0 Å². The Hall–Kier alpha value is -0.160. The zero-order chi connectivity index (χ0) is 17.9. The molecule has 0 bridgehead atoms. The van der Waals surface area contributed by atoms with E-state index in [9.17, 15) is 0 Å². The second-order valence-electron chi connectivity index (χ2n) is 9.30. The summed E-state index contributed by atoms with van der Waals surface area (Å²) < 4.78 is 0. The average Bonchev–Trinajstić information content (AvgIpc) is 2.56. The van der Waals surface area contributed by atoms with Gasteiger partial charge in [0.25, 0.3) is 0 Å². The van der Waals surface area contributed by atoms with E-state index < -0.39 is 11.6 Å². The normalized spacial score (nSPS) is 59.0. The summed E-state index contributed by atoms with van der Waals surface area (Å²) in [5.74, 6) is 1.65. The summed E-state index contributed by atoms with van der Waals surface area (Å²) >= 11 is 0. The molecule has 0 amide bonds. The average molecular weight is 341 g/mol. The molecule has 0 aromatic rings. The van der Waals surface area contributed by atoms with Crippen molar-refractivity contribution < 1.29 is 19.6 Å². The summed E-state index contributed by atoms with van der Waals surface area (Å²) in [6.45, 7) is 17.9. The fourth-order valence-corrected chi connectivity index (χ4v) is 5.41. The molecule has 0 N–H and O–H groups in total. The van der Waals surface area contributed by atoms with Crippen LogP contribution in [0.1, 0.15) is 68.2 Å². The second kappa shape index (κ2) is 6.22. The minimum atomic E-state index is -0.789. The van der Waals surface area contributed by atoms with Gasteiger partial charge in [0.05, 0.1) is 0 Å².